The molecule has 168 valence electrons. The molecule has 0 bridgehead atoms. The lowest BCUT2D eigenvalue weighted by Crippen LogP contribution is -2.45. The Morgan fingerprint density at radius 1 is 0.970 bits per heavy atom. The van der Waals surface area contributed by atoms with Gasteiger partial charge < -0.3 is 9.47 Å². The monoisotopic (exact) mass is 446 g/mol. The van der Waals surface area contributed by atoms with Crippen molar-refractivity contribution in [3.05, 3.63) is 88.7 Å². The molecule has 7 heteroatoms. The van der Waals surface area contributed by atoms with Crippen molar-refractivity contribution in [1.29, 1.82) is 0 Å². The zero-order valence-electron chi connectivity index (χ0n) is 18.4. The molecule has 1 atom stereocenters. The lowest BCUT2D eigenvalue weighted by molar-refractivity contribution is -0.114. The number of Topliss-reactive ketones (excluding diaryl/α,β-unsaturated/α-hetero) is 1. The highest BCUT2D eigenvalue weighted by atomic mass is 19.1. The van der Waals surface area contributed by atoms with Crippen LogP contribution in [0.2, 0.25) is 0 Å². The van der Waals surface area contributed by atoms with E-state index in [0.717, 1.165) is 29.2 Å². The van der Waals surface area contributed by atoms with Crippen molar-refractivity contribution >= 4 is 17.4 Å². The number of methoxy groups -OCH3 is 2. The molecular formula is C26H23FN2O4. The van der Waals surface area contributed by atoms with Crippen molar-refractivity contribution < 1.29 is 23.5 Å². The molecular weight excluding hydrogens is 423 g/mol. The van der Waals surface area contributed by atoms with Gasteiger partial charge in [-0.3, -0.25) is 19.4 Å². The van der Waals surface area contributed by atoms with E-state index in [-0.39, 0.29) is 18.3 Å². The van der Waals surface area contributed by atoms with E-state index in [2.05, 4.69) is 4.90 Å². The highest BCUT2D eigenvalue weighted by molar-refractivity contribution is 6.52. The molecule has 0 saturated carbocycles. The van der Waals surface area contributed by atoms with Crippen molar-refractivity contribution in [2.24, 2.45) is 0 Å². The lowest BCUT2D eigenvalue weighted by atomic mass is 9.88. The van der Waals surface area contributed by atoms with E-state index in [4.69, 9.17) is 9.47 Å². The quantitative estimate of drug-likeness (QED) is 0.555. The van der Waals surface area contributed by atoms with Crippen LogP contribution in [0.4, 0.5) is 10.1 Å². The van der Waals surface area contributed by atoms with E-state index in [0.29, 0.717) is 23.7 Å². The molecule has 2 heterocycles. The van der Waals surface area contributed by atoms with Crippen LogP contribution in [0.5, 0.6) is 11.5 Å². The summed E-state index contributed by atoms with van der Waals surface area (Å²) in [6.07, 6.45) is 0.741. The van der Waals surface area contributed by atoms with E-state index >= 15 is 0 Å². The molecule has 0 aliphatic carbocycles. The Morgan fingerprint density at radius 3 is 2.42 bits per heavy atom. The summed E-state index contributed by atoms with van der Waals surface area (Å²) in [6, 6.07) is 17.7. The van der Waals surface area contributed by atoms with Crippen LogP contribution in [-0.4, -0.2) is 44.0 Å². The summed E-state index contributed by atoms with van der Waals surface area (Å²) < 4.78 is 24.8. The van der Waals surface area contributed by atoms with Gasteiger partial charge in [-0.25, -0.2) is 4.39 Å². The van der Waals surface area contributed by atoms with Gasteiger partial charge in [0.1, 0.15) is 5.82 Å². The summed E-state index contributed by atoms with van der Waals surface area (Å²) in [5, 5.41) is 0. The third kappa shape index (κ3) is 3.54. The molecule has 0 radical (unpaired) electrons. The van der Waals surface area contributed by atoms with E-state index in [1.54, 1.807) is 14.2 Å². The number of amides is 1. The van der Waals surface area contributed by atoms with Gasteiger partial charge in [-0.2, -0.15) is 0 Å². The van der Waals surface area contributed by atoms with Gasteiger partial charge in [-0.15, -0.1) is 0 Å². The fourth-order valence-corrected chi connectivity index (χ4v) is 4.77. The number of rotatable bonds is 5. The molecule has 2 aliphatic rings. The van der Waals surface area contributed by atoms with Gasteiger partial charge in [-0.05, 0) is 53.4 Å². The van der Waals surface area contributed by atoms with Gasteiger partial charge in [0, 0.05) is 6.54 Å². The number of hydrogen-bond acceptors (Lipinski definition) is 5. The SMILES string of the molecule is COc1cc2c(cc1OC)[C@H](c1ccccc1)N(CN1C(=O)C(=O)c3cc(F)ccc31)CC2. The molecule has 6 nitrogen and oxygen atoms in total. The fraction of sp³-hybridized carbons (Fsp3) is 0.231. The van der Waals surface area contributed by atoms with Gasteiger partial charge in [0.2, 0.25) is 0 Å². The minimum absolute atomic E-state index is 0.111. The summed E-state index contributed by atoms with van der Waals surface area (Å²) >= 11 is 0. The van der Waals surface area contributed by atoms with Crippen LogP contribution in [0.15, 0.2) is 60.7 Å². The number of anilines is 1. The van der Waals surface area contributed by atoms with E-state index in [1.807, 2.05) is 42.5 Å². The second-order valence-corrected chi connectivity index (χ2v) is 8.15. The standard InChI is InChI=1S/C26H23FN2O4/c1-32-22-12-17-10-11-28(15-29-21-9-8-18(27)13-20(21)25(30)26(29)31)24(16-6-4-3-5-7-16)19(17)14-23(22)33-2/h3-9,12-14,24H,10-11,15H2,1-2H3/t24-/m0/s1. The maximum Gasteiger partial charge on any atom is 0.300 e. The topological polar surface area (TPSA) is 59.1 Å². The van der Waals surface area contributed by atoms with Crippen LogP contribution < -0.4 is 14.4 Å². The summed E-state index contributed by atoms with van der Waals surface area (Å²) in [5.41, 5.74) is 3.81. The van der Waals surface area contributed by atoms with Crippen LogP contribution in [0.3, 0.4) is 0 Å². The van der Waals surface area contributed by atoms with Crippen LogP contribution in [0, 0.1) is 5.82 Å². The summed E-state index contributed by atoms with van der Waals surface area (Å²) in [6.45, 7) is 0.868. The van der Waals surface area contributed by atoms with Crippen LogP contribution in [0.25, 0.3) is 0 Å². The molecule has 0 unspecified atom stereocenters. The van der Waals surface area contributed by atoms with Gasteiger partial charge in [0.15, 0.2) is 11.5 Å². The van der Waals surface area contributed by atoms with Crippen LogP contribution in [0.1, 0.15) is 33.1 Å². The molecule has 1 amide bonds. The first-order valence-corrected chi connectivity index (χ1v) is 10.7. The second-order valence-electron chi connectivity index (χ2n) is 8.15. The number of fused-ring (bicyclic) bond motifs is 2. The van der Waals surface area contributed by atoms with Crippen molar-refractivity contribution in [2.45, 2.75) is 12.5 Å². The Labute approximate surface area is 191 Å². The normalized spacial score (nSPS) is 17.7. The minimum atomic E-state index is -0.676. The summed E-state index contributed by atoms with van der Waals surface area (Å²) in [5.74, 6) is -0.544. The number of ether oxygens (including phenoxy) is 2. The first-order valence-electron chi connectivity index (χ1n) is 10.7. The van der Waals surface area contributed by atoms with E-state index in [1.165, 1.54) is 17.0 Å². The van der Waals surface area contributed by atoms with Crippen molar-refractivity contribution in [2.75, 3.05) is 32.3 Å². The molecule has 3 aromatic rings. The van der Waals surface area contributed by atoms with E-state index < -0.39 is 17.5 Å². The first-order chi connectivity index (χ1) is 16.0. The second kappa shape index (κ2) is 8.33. The van der Waals surface area contributed by atoms with Gasteiger partial charge in [0.25, 0.3) is 5.78 Å². The molecule has 0 N–H and O–H groups in total. The van der Waals surface area contributed by atoms with Gasteiger partial charge >= 0.3 is 5.91 Å². The molecule has 0 saturated heterocycles. The van der Waals surface area contributed by atoms with Gasteiger partial charge in [-0.1, -0.05) is 30.3 Å². The number of nitrogens with zero attached hydrogens (tertiary/aromatic N) is 2. The van der Waals surface area contributed by atoms with Crippen LogP contribution in [-0.2, 0) is 11.2 Å². The molecule has 5 rings (SSSR count). The van der Waals surface area contributed by atoms with E-state index in [9.17, 15) is 14.0 Å². The molecule has 33 heavy (non-hydrogen) atoms. The largest absolute Gasteiger partial charge is 0.493 e. The average molecular weight is 446 g/mol. The first kappa shape index (κ1) is 21.2. The maximum atomic E-state index is 13.7. The molecule has 0 aromatic heterocycles. The zero-order valence-corrected chi connectivity index (χ0v) is 18.4. The predicted octanol–water partition coefficient (Wildman–Crippen LogP) is 3.98. The minimum Gasteiger partial charge on any atom is -0.493 e. The molecule has 3 aromatic carbocycles. The van der Waals surface area contributed by atoms with Gasteiger partial charge in [0.05, 0.1) is 38.2 Å². The fourth-order valence-electron chi connectivity index (χ4n) is 4.77. The number of halogens is 1. The summed E-state index contributed by atoms with van der Waals surface area (Å²) in [7, 11) is 3.22. The Kier molecular flexibility index (Phi) is 5.34. The van der Waals surface area contributed by atoms with Crippen molar-refractivity contribution in [1.82, 2.24) is 4.90 Å². The number of ketones is 1. The Hall–Kier alpha value is -3.71. The van der Waals surface area contributed by atoms with Crippen molar-refractivity contribution in [3.8, 4) is 11.5 Å². The third-order valence-corrected chi connectivity index (χ3v) is 6.35. The smallest absolute Gasteiger partial charge is 0.300 e. The Balaban J connectivity index is 1.57. The number of carbonyl (C=O) groups excluding carboxylic acids is 2. The number of benzene rings is 3. The molecule has 0 fully saturated rings. The lowest BCUT2D eigenvalue weighted by Gasteiger charge is -2.40. The Bertz CT molecular complexity index is 1240. The maximum absolute atomic E-state index is 13.7. The highest BCUT2D eigenvalue weighted by Crippen LogP contribution is 2.41. The number of hydrogen-bond donors (Lipinski definition) is 0. The Morgan fingerprint density at radius 2 is 1.70 bits per heavy atom. The molecule has 2 aliphatic heterocycles. The zero-order chi connectivity index (χ0) is 23.1. The highest BCUT2D eigenvalue weighted by Gasteiger charge is 2.39. The predicted molar refractivity (Wildman–Crippen MR) is 121 cm³/mol. The number of carbonyl (C=O) groups is 2. The van der Waals surface area contributed by atoms with Crippen molar-refractivity contribution in [3.63, 3.8) is 0 Å². The van der Waals surface area contributed by atoms with Crippen LogP contribution >= 0.6 is 0 Å². The summed E-state index contributed by atoms with van der Waals surface area (Å²) in [4.78, 5) is 28.9. The third-order valence-electron chi connectivity index (χ3n) is 6.35. The molecule has 0 spiro atoms. The average Bonchev–Trinajstić information content (AvgIpc) is 3.07.